The molecule has 0 aliphatic heterocycles. The minimum atomic E-state index is 0.123. The molecule has 2 nitrogen and oxygen atoms in total. The lowest BCUT2D eigenvalue weighted by molar-refractivity contribution is 0.457. The Hall–Kier alpha value is -0.380. The number of hydrogen-bond donors (Lipinski definition) is 2. The number of nitrogens with one attached hydrogen (secondary N) is 1. The lowest BCUT2D eigenvalue weighted by Gasteiger charge is -2.27. The van der Waals surface area contributed by atoms with E-state index in [1.807, 2.05) is 13.0 Å². The van der Waals surface area contributed by atoms with Crippen molar-refractivity contribution >= 4 is 15.9 Å². The summed E-state index contributed by atoms with van der Waals surface area (Å²) in [5.41, 5.74) is 7.19. The fourth-order valence-corrected chi connectivity index (χ4v) is 2.66. The molecule has 0 aromatic heterocycles. The summed E-state index contributed by atoms with van der Waals surface area (Å²) in [4.78, 5) is 0. The Balaban J connectivity index is 2.54. The van der Waals surface area contributed by atoms with Crippen molar-refractivity contribution in [1.82, 2.24) is 5.32 Å². The third-order valence-electron chi connectivity index (χ3n) is 2.95. The molecule has 1 atom stereocenters. The first-order valence-electron chi connectivity index (χ1n) is 6.15. The van der Waals surface area contributed by atoms with Gasteiger partial charge in [-0.1, -0.05) is 48.0 Å². The summed E-state index contributed by atoms with van der Waals surface area (Å²) < 4.78 is 1.18. The third-order valence-corrected chi connectivity index (χ3v) is 3.64. The smallest absolute Gasteiger partial charge is 0.0213 e. The zero-order valence-corrected chi connectivity index (χ0v) is 12.5. The molecule has 17 heavy (non-hydrogen) atoms. The zero-order valence-electron chi connectivity index (χ0n) is 11.0. The molecule has 0 amide bonds. The lowest BCUT2D eigenvalue weighted by atomic mass is 9.84. The summed E-state index contributed by atoms with van der Waals surface area (Å²) in [5, 5.41) is 3.48. The van der Waals surface area contributed by atoms with Crippen LogP contribution in [0.15, 0.2) is 28.7 Å². The molecule has 0 bridgehead atoms. The summed E-state index contributed by atoms with van der Waals surface area (Å²) in [7, 11) is 0. The molecule has 1 aromatic carbocycles. The molecular formula is C14H23BrN2. The van der Waals surface area contributed by atoms with Crippen molar-refractivity contribution in [2.75, 3.05) is 13.1 Å². The van der Waals surface area contributed by atoms with Crippen molar-refractivity contribution in [1.29, 1.82) is 0 Å². The van der Waals surface area contributed by atoms with E-state index in [0.29, 0.717) is 0 Å². The Morgan fingerprint density at radius 1 is 1.35 bits per heavy atom. The maximum absolute atomic E-state index is 5.73. The Labute approximate surface area is 113 Å². The van der Waals surface area contributed by atoms with Gasteiger partial charge in [0.25, 0.3) is 0 Å². The minimum absolute atomic E-state index is 0.123. The molecule has 1 rings (SSSR count). The maximum atomic E-state index is 5.73. The van der Waals surface area contributed by atoms with E-state index < -0.39 is 0 Å². The summed E-state index contributed by atoms with van der Waals surface area (Å²) in [6, 6.07) is 8.68. The topological polar surface area (TPSA) is 38.0 Å². The largest absolute Gasteiger partial charge is 0.328 e. The fourth-order valence-electron chi connectivity index (χ4n) is 1.84. The van der Waals surface area contributed by atoms with Crippen LogP contribution in [-0.2, 0) is 5.41 Å². The van der Waals surface area contributed by atoms with Crippen LogP contribution < -0.4 is 11.1 Å². The number of halogens is 1. The molecule has 3 heteroatoms. The average Bonchev–Trinajstić information content (AvgIpc) is 2.24. The van der Waals surface area contributed by atoms with Gasteiger partial charge in [0.1, 0.15) is 0 Å². The van der Waals surface area contributed by atoms with Crippen LogP contribution in [0.5, 0.6) is 0 Å². The quantitative estimate of drug-likeness (QED) is 0.792. The number of hydrogen-bond acceptors (Lipinski definition) is 2. The normalized spacial score (nSPS) is 13.7. The van der Waals surface area contributed by atoms with Crippen LogP contribution in [0.25, 0.3) is 0 Å². The predicted octanol–water partition coefficient (Wildman–Crippen LogP) is 3.05. The molecule has 0 aliphatic rings. The van der Waals surface area contributed by atoms with Gasteiger partial charge in [-0.25, -0.2) is 0 Å². The van der Waals surface area contributed by atoms with Crippen LogP contribution in [0.3, 0.4) is 0 Å². The molecule has 96 valence electrons. The van der Waals surface area contributed by atoms with Gasteiger partial charge in [-0.3, -0.25) is 0 Å². The van der Waals surface area contributed by atoms with Crippen molar-refractivity contribution in [2.45, 2.75) is 38.6 Å². The summed E-state index contributed by atoms with van der Waals surface area (Å²) >= 11 is 3.62. The van der Waals surface area contributed by atoms with Crippen LogP contribution in [0.2, 0.25) is 0 Å². The minimum Gasteiger partial charge on any atom is -0.328 e. The van der Waals surface area contributed by atoms with Gasteiger partial charge in [0.05, 0.1) is 0 Å². The molecule has 1 aromatic rings. The number of benzene rings is 1. The van der Waals surface area contributed by atoms with Crippen LogP contribution in [-0.4, -0.2) is 19.1 Å². The highest BCUT2D eigenvalue weighted by molar-refractivity contribution is 9.10. The van der Waals surface area contributed by atoms with E-state index in [9.17, 15) is 0 Å². The van der Waals surface area contributed by atoms with Gasteiger partial charge in [0.2, 0.25) is 0 Å². The van der Waals surface area contributed by atoms with Crippen LogP contribution >= 0.6 is 15.9 Å². The van der Waals surface area contributed by atoms with E-state index in [1.165, 1.54) is 10.0 Å². The van der Waals surface area contributed by atoms with E-state index >= 15 is 0 Å². The van der Waals surface area contributed by atoms with Gasteiger partial charge < -0.3 is 11.1 Å². The van der Waals surface area contributed by atoms with Crippen molar-refractivity contribution in [2.24, 2.45) is 5.73 Å². The molecule has 0 aliphatic carbocycles. The summed E-state index contributed by atoms with van der Waals surface area (Å²) in [6.07, 6.45) is 1.02. The SMILES string of the molecule is CC(N)CCNCC(C)(C)c1ccccc1Br. The Morgan fingerprint density at radius 2 is 2.00 bits per heavy atom. The highest BCUT2D eigenvalue weighted by Gasteiger charge is 2.22. The van der Waals surface area contributed by atoms with Crippen molar-refractivity contribution in [3.8, 4) is 0 Å². The van der Waals surface area contributed by atoms with Gasteiger partial charge in [0.15, 0.2) is 0 Å². The van der Waals surface area contributed by atoms with E-state index in [1.54, 1.807) is 0 Å². The standard InChI is InChI=1S/C14H23BrN2/c1-11(16)8-9-17-10-14(2,3)12-6-4-5-7-13(12)15/h4-7,11,17H,8-10,16H2,1-3H3. The van der Waals surface area contributed by atoms with Crippen molar-refractivity contribution < 1.29 is 0 Å². The first-order chi connectivity index (χ1) is 7.93. The molecule has 0 fully saturated rings. The molecule has 0 saturated heterocycles. The summed E-state index contributed by atoms with van der Waals surface area (Å²) in [5.74, 6) is 0. The van der Waals surface area contributed by atoms with Crippen LogP contribution in [0, 0.1) is 0 Å². The molecule has 3 N–H and O–H groups in total. The Bertz CT molecular complexity index is 348. The molecule has 0 saturated carbocycles. The highest BCUT2D eigenvalue weighted by atomic mass is 79.9. The Morgan fingerprint density at radius 3 is 2.59 bits per heavy atom. The fraction of sp³-hybridized carbons (Fsp3) is 0.571. The van der Waals surface area contributed by atoms with Crippen molar-refractivity contribution in [3.63, 3.8) is 0 Å². The molecule has 0 radical (unpaired) electrons. The van der Waals surface area contributed by atoms with Gasteiger partial charge in [0, 0.05) is 22.5 Å². The van der Waals surface area contributed by atoms with E-state index in [0.717, 1.165) is 19.5 Å². The van der Waals surface area contributed by atoms with E-state index in [-0.39, 0.29) is 11.5 Å². The second kappa shape index (κ2) is 6.53. The van der Waals surface area contributed by atoms with Gasteiger partial charge in [-0.15, -0.1) is 0 Å². The molecule has 0 spiro atoms. The lowest BCUT2D eigenvalue weighted by Crippen LogP contribution is -2.35. The second-order valence-electron chi connectivity index (χ2n) is 5.31. The monoisotopic (exact) mass is 298 g/mol. The van der Waals surface area contributed by atoms with Crippen molar-refractivity contribution in [3.05, 3.63) is 34.3 Å². The average molecular weight is 299 g/mol. The maximum Gasteiger partial charge on any atom is 0.0213 e. The van der Waals surface area contributed by atoms with Crippen LogP contribution in [0.4, 0.5) is 0 Å². The summed E-state index contributed by atoms with van der Waals surface area (Å²) in [6.45, 7) is 8.49. The van der Waals surface area contributed by atoms with Crippen LogP contribution in [0.1, 0.15) is 32.8 Å². The van der Waals surface area contributed by atoms with Gasteiger partial charge in [-0.05, 0) is 31.5 Å². The van der Waals surface area contributed by atoms with Gasteiger partial charge >= 0.3 is 0 Å². The number of rotatable bonds is 6. The van der Waals surface area contributed by atoms with E-state index in [2.05, 4.69) is 53.3 Å². The number of nitrogens with two attached hydrogens (primary N) is 1. The first-order valence-corrected chi connectivity index (χ1v) is 6.94. The highest BCUT2D eigenvalue weighted by Crippen LogP contribution is 2.29. The Kier molecular flexibility index (Phi) is 5.63. The van der Waals surface area contributed by atoms with Gasteiger partial charge in [-0.2, -0.15) is 0 Å². The third kappa shape index (κ3) is 4.78. The van der Waals surface area contributed by atoms with E-state index in [4.69, 9.17) is 5.73 Å². The second-order valence-corrected chi connectivity index (χ2v) is 6.16. The zero-order chi connectivity index (χ0) is 12.9. The molecular weight excluding hydrogens is 276 g/mol. The molecule has 1 unspecified atom stereocenters. The molecule has 0 heterocycles. The first kappa shape index (κ1) is 14.7. The predicted molar refractivity (Wildman–Crippen MR) is 78.3 cm³/mol.